The number of likely N-dealkylation sites (tertiary alicyclic amines) is 1. The fourth-order valence-corrected chi connectivity index (χ4v) is 3.03. The first-order valence-corrected chi connectivity index (χ1v) is 8.81. The maximum Gasteiger partial charge on any atom is 0.253 e. The van der Waals surface area contributed by atoms with E-state index in [-0.39, 0.29) is 11.8 Å². The number of carbonyl (C=O) groups is 2. The van der Waals surface area contributed by atoms with Gasteiger partial charge in [0.25, 0.3) is 5.91 Å². The zero-order valence-corrected chi connectivity index (χ0v) is 14.1. The van der Waals surface area contributed by atoms with Crippen LogP contribution in [-0.2, 0) is 4.79 Å². The van der Waals surface area contributed by atoms with Crippen LogP contribution in [0.1, 0.15) is 55.8 Å². The van der Waals surface area contributed by atoms with Gasteiger partial charge in [-0.2, -0.15) is 0 Å². The first kappa shape index (κ1) is 17.5. The number of amides is 2. The summed E-state index contributed by atoms with van der Waals surface area (Å²) in [5.74, 6) is 0.918. The normalized spacial score (nSPS) is 15.4. The molecule has 4 nitrogen and oxygen atoms in total. The lowest BCUT2D eigenvalue weighted by Gasteiger charge is -2.32. The third-order valence-corrected chi connectivity index (χ3v) is 4.55. The van der Waals surface area contributed by atoms with Gasteiger partial charge in [-0.1, -0.05) is 31.5 Å². The van der Waals surface area contributed by atoms with Gasteiger partial charge in [-0.3, -0.25) is 9.59 Å². The number of nitrogens with zero attached hydrogens (tertiary/aromatic N) is 1. The molecule has 1 N–H and O–H groups in total. The minimum absolute atomic E-state index is 0.136. The molecule has 1 fully saturated rings. The summed E-state index contributed by atoms with van der Waals surface area (Å²) in [7, 11) is 0. The standard InChI is InChI=1S/C19H28N2O2/c1-2-3-9-18(22)20-13-10-16-11-14-21(15-12-16)19(23)17-7-5-4-6-8-17/h4-8,16H,2-3,9-15H2,1H3,(H,20,22). The van der Waals surface area contributed by atoms with Crippen LogP contribution in [-0.4, -0.2) is 36.3 Å². The average Bonchev–Trinajstić information content (AvgIpc) is 2.60. The van der Waals surface area contributed by atoms with Gasteiger partial charge in [0, 0.05) is 31.6 Å². The molecule has 0 aromatic heterocycles. The second-order valence-electron chi connectivity index (χ2n) is 6.34. The third kappa shape index (κ3) is 5.70. The fourth-order valence-electron chi connectivity index (χ4n) is 3.03. The van der Waals surface area contributed by atoms with Gasteiger partial charge >= 0.3 is 0 Å². The molecule has 0 aliphatic carbocycles. The van der Waals surface area contributed by atoms with Gasteiger partial charge in [0.2, 0.25) is 5.91 Å². The smallest absolute Gasteiger partial charge is 0.253 e. The van der Waals surface area contributed by atoms with E-state index in [4.69, 9.17) is 0 Å². The van der Waals surface area contributed by atoms with Crippen LogP contribution < -0.4 is 5.32 Å². The summed E-state index contributed by atoms with van der Waals surface area (Å²) in [4.78, 5) is 25.9. The number of carbonyl (C=O) groups excluding carboxylic acids is 2. The van der Waals surface area contributed by atoms with Crippen LogP contribution in [0.15, 0.2) is 30.3 Å². The number of nitrogens with one attached hydrogen (secondary N) is 1. The highest BCUT2D eigenvalue weighted by molar-refractivity contribution is 5.94. The summed E-state index contributed by atoms with van der Waals surface area (Å²) in [5.41, 5.74) is 0.772. The quantitative estimate of drug-likeness (QED) is 0.839. The maximum absolute atomic E-state index is 12.4. The van der Waals surface area contributed by atoms with Crippen LogP contribution in [0.4, 0.5) is 0 Å². The average molecular weight is 316 g/mol. The van der Waals surface area contributed by atoms with Gasteiger partial charge in [-0.25, -0.2) is 0 Å². The van der Waals surface area contributed by atoms with Crippen LogP contribution in [0.25, 0.3) is 0 Å². The number of hydrogen-bond acceptors (Lipinski definition) is 2. The highest BCUT2D eigenvalue weighted by atomic mass is 16.2. The molecule has 126 valence electrons. The molecule has 0 saturated carbocycles. The van der Waals surface area contributed by atoms with Crippen molar-refractivity contribution in [3.05, 3.63) is 35.9 Å². The van der Waals surface area contributed by atoms with Crippen molar-refractivity contribution in [2.45, 2.75) is 45.4 Å². The SMILES string of the molecule is CCCCC(=O)NCCC1CCN(C(=O)c2ccccc2)CC1. The molecule has 0 atom stereocenters. The molecule has 2 rings (SSSR count). The van der Waals surface area contributed by atoms with Gasteiger partial charge in [0.1, 0.15) is 0 Å². The van der Waals surface area contributed by atoms with Crippen molar-refractivity contribution >= 4 is 11.8 Å². The number of piperidine rings is 1. The zero-order chi connectivity index (χ0) is 16.5. The monoisotopic (exact) mass is 316 g/mol. The van der Waals surface area contributed by atoms with Crippen molar-refractivity contribution < 1.29 is 9.59 Å². The Kier molecular flexibility index (Phi) is 7.11. The molecule has 0 radical (unpaired) electrons. The van der Waals surface area contributed by atoms with Gasteiger partial charge in [0.05, 0.1) is 0 Å². The summed E-state index contributed by atoms with van der Waals surface area (Å²) >= 11 is 0. The molecule has 1 aromatic rings. The van der Waals surface area contributed by atoms with Crippen molar-refractivity contribution in [2.24, 2.45) is 5.92 Å². The molecule has 0 bridgehead atoms. The molecular formula is C19H28N2O2. The van der Waals surface area contributed by atoms with Crippen molar-refractivity contribution in [1.82, 2.24) is 10.2 Å². The minimum atomic E-state index is 0.136. The first-order valence-electron chi connectivity index (χ1n) is 8.81. The van der Waals surface area contributed by atoms with Crippen molar-refractivity contribution in [2.75, 3.05) is 19.6 Å². The lowest BCUT2D eigenvalue weighted by atomic mass is 9.93. The van der Waals surface area contributed by atoms with Crippen molar-refractivity contribution in [1.29, 1.82) is 0 Å². The van der Waals surface area contributed by atoms with E-state index in [2.05, 4.69) is 12.2 Å². The number of rotatable bonds is 7. The summed E-state index contributed by atoms with van der Waals surface area (Å²) < 4.78 is 0. The van der Waals surface area contributed by atoms with E-state index in [0.29, 0.717) is 12.3 Å². The van der Waals surface area contributed by atoms with Crippen LogP contribution in [0.2, 0.25) is 0 Å². The van der Waals surface area contributed by atoms with Gasteiger partial charge in [-0.05, 0) is 43.7 Å². The van der Waals surface area contributed by atoms with E-state index >= 15 is 0 Å². The molecule has 1 heterocycles. The van der Waals surface area contributed by atoms with Crippen LogP contribution in [0, 0.1) is 5.92 Å². The predicted octanol–water partition coefficient (Wildman–Crippen LogP) is 3.24. The summed E-state index contributed by atoms with van der Waals surface area (Å²) in [6.07, 6.45) is 5.74. The van der Waals surface area contributed by atoms with Crippen LogP contribution in [0.5, 0.6) is 0 Å². The second-order valence-corrected chi connectivity index (χ2v) is 6.34. The number of benzene rings is 1. The number of hydrogen-bond donors (Lipinski definition) is 1. The van der Waals surface area contributed by atoms with E-state index in [1.54, 1.807) is 0 Å². The molecule has 2 amide bonds. The molecule has 1 saturated heterocycles. The highest BCUT2D eigenvalue weighted by Crippen LogP contribution is 2.21. The lowest BCUT2D eigenvalue weighted by Crippen LogP contribution is -2.39. The van der Waals surface area contributed by atoms with Gasteiger partial charge in [-0.15, -0.1) is 0 Å². The fraction of sp³-hybridized carbons (Fsp3) is 0.579. The topological polar surface area (TPSA) is 49.4 Å². The molecule has 1 aliphatic rings. The molecule has 23 heavy (non-hydrogen) atoms. The Morgan fingerprint density at radius 3 is 2.52 bits per heavy atom. The third-order valence-electron chi connectivity index (χ3n) is 4.55. The Morgan fingerprint density at radius 2 is 1.87 bits per heavy atom. The van der Waals surface area contributed by atoms with Gasteiger partial charge < -0.3 is 10.2 Å². The Bertz CT molecular complexity index is 493. The van der Waals surface area contributed by atoms with E-state index < -0.39 is 0 Å². The second kappa shape index (κ2) is 9.33. The van der Waals surface area contributed by atoms with Crippen molar-refractivity contribution in [3.8, 4) is 0 Å². The molecular weight excluding hydrogens is 288 g/mol. The maximum atomic E-state index is 12.4. The van der Waals surface area contributed by atoms with Crippen molar-refractivity contribution in [3.63, 3.8) is 0 Å². The van der Waals surface area contributed by atoms with E-state index in [1.807, 2.05) is 35.2 Å². The van der Waals surface area contributed by atoms with Crippen LogP contribution in [0.3, 0.4) is 0 Å². The zero-order valence-electron chi connectivity index (χ0n) is 14.1. The minimum Gasteiger partial charge on any atom is -0.356 e. The Hall–Kier alpha value is -1.84. The Morgan fingerprint density at radius 1 is 1.17 bits per heavy atom. The molecule has 0 spiro atoms. The Balaban J connectivity index is 1.66. The van der Waals surface area contributed by atoms with E-state index in [0.717, 1.165) is 57.3 Å². The molecule has 4 heteroatoms. The predicted molar refractivity (Wildman–Crippen MR) is 92.2 cm³/mol. The summed E-state index contributed by atoms with van der Waals surface area (Å²) in [5, 5.41) is 3.01. The summed E-state index contributed by atoms with van der Waals surface area (Å²) in [6.45, 7) is 4.50. The van der Waals surface area contributed by atoms with E-state index in [9.17, 15) is 9.59 Å². The summed E-state index contributed by atoms with van der Waals surface area (Å²) in [6, 6.07) is 9.49. The molecule has 1 aliphatic heterocycles. The van der Waals surface area contributed by atoms with E-state index in [1.165, 1.54) is 0 Å². The largest absolute Gasteiger partial charge is 0.356 e. The first-order chi connectivity index (χ1) is 11.2. The highest BCUT2D eigenvalue weighted by Gasteiger charge is 2.23. The number of unbranched alkanes of at least 4 members (excludes halogenated alkanes) is 1. The van der Waals surface area contributed by atoms with Gasteiger partial charge in [0.15, 0.2) is 0 Å². The Labute approximate surface area is 139 Å². The molecule has 1 aromatic carbocycles. The van der Waals surface area contributed by atoms with Crippen LogP contribution >= 0.6 is 0 Å². The lowest BCUT2D eigenvalue weighted by molar-refractivity contribution is -0.121. The molecule has 0 unspecified atom stereocenters.